The van der Waals surface area contributed by atoms with Crippen LogP contribution in [0.2, 0.25) is 5.02 Å². The molecule has 3 rings (SSSR count). The standard InChI is InChI=1S/C19H19ClN4O/c20-16-6-7-18(23-17(16)12-21)22-13-14-8-10-24(11-9-14)19(25)15-4-2-1-3-5-15/h1-7,14H,8-11,13H2,(H,22,23). The molecule has 128 valence electrons. The van der Waals surface area contributed by atoms with E-state index in [1.165, 1.54) is 0 Å². The summed E-state index contributed by atoms with van der Waals surface area (Å²) in [5.41, 5.74) is 0.975. The number of benzene rings is 1. The molecule has 6 heteroatoms. The molecule has 1 fully saturated rings. The lowest BCUT2D eigenvalue weighted by Crippen LogP contribution is -2.39. The molecule has 1 aromatic heterocycles. The number of aromatic nitrogens is 1. The Hall–Kier alpha value is -2.58. The van der Waals surface area contributed by atoms with E-state index in [1.807, 2.05) is 41.3 Å². The van der Waals surface area contributed by atoms with Gasteiger partial charge in [-0.1, -0.05) is 29.8 Å². The number of halogens is 1. The highest BCUT2D eigenvalue weighted by atomic mass is 35.5. The SMILES string of the molecule is N#Cc1nc(NCC2CCN(C(=O)c3ccccc3)CC2)ccc1Cl. The topological polar surface area (TPSA) is 69.0 Å². The molecule has 0 saturated carbocycles. The number of carbonyl (C=O) groups is 1. The molecule has 0 bridgehead atoms. The third-order valence-electron chi connectivity index (χ3n) is 4.45. The summed E-state index contributed by atoms with van der Waals surface area (Å²) < 4.78 is 0. The van der Waals surface area contributed by atoms with Gasteiger partial charge in [-0.25, -0.2) is 4.98 Å². The molecule has 0 atom stereocenters. The highest BCUT2D eigenvalue weighted by Gasteiger charge is 2.23. The summed E-state index contributed by atoms with van der Waals surface area (Å²) in [5, 5.41) is 12.6. The van der Waals surface area contributed by atoms with E-state index in [0.29, 0.717) is 16.8 Å². The molecule has 1 N–H and O–H groups in total. The fraction of sp³-hybridized carbons (Fsp3) is 0.316. The molecule has 5 nitrogen and oxygen atoms in total. The number of rotatable bonds is 4. The summed E-state index contributed by atoms with van der Waals surface area (Å²) in [7, 11) is 0. The molecule has 2 aromatic rings. The van der Waals surface area contributed by atoms with Gasteiger partial charge in [0.2, 0.25) is 0 Å². The van der Waals surface area contributed by atoms with Crippen LogP contribution in [0, 0.1) is 17.2 Å². The van der Waals surface area contributed by atoms with Crippen molar-refractivity contribution in [1.82, 2.24) is 9.88 Å². The normalized spacial score (nSPS) is 14.8. The second kappa shape index (κ2) is 8.00. The molecule has 1 aromatic carbocycles. The summed E-state index contributed by atoms with van der Waals surface area (Å²) in [6.07, 6.45) is 1.90. The van der Waals surface area contributed by atoms with E-state index in [4.69, 9.17) is 16.9 Å². The van der Waals surface area contributed by atoms with E-state index in [2.05, 4.69) is 10.3 Å². The minimum atomic E-state index is 0.102. The van der Waals surface area contributed by atoms with Crippen LogP contribution in [0.3, 0.4) is 0 Å². The number of carbonyl (C=O) groups excluding carboxylic acids is 1. The van der Waals surface area contributed by atoms with E-state index < -0.39 is 0 Å². The minimum absolute atomic E-state index is 0.102. The number of likely N-dealkylation sites (tertiary alicyclic amines) is 1. The Labute approximate surface area is 152 Å². The fourth-order valence-corrected chi connectivity index (χ4v) is 3.12. The number of pyridine rings is 1. The van der Waals surface area contributed by atoms with Crippen molar-refractivity contribution >= 4 is 23.3 Å². The van der Waals surface area contributed by atoms with Gasteiger partial charge in [0.05, 0.1) is 5.02 Å². The number of nitriles is 1. The predicted molar refractivity (Wildman–Crippen MR) is 97.5 cm³/mol. The summed E-state index contributed by atoms with van der Waals surface area (Å²) in [6, 6.07) is 14.8. The van der Waals surface area contributed by atoms with Gasteiger partial charge in [0.1, 0.15) is 11.9 Å². The van der Waals surface area contributed by atoms with Crippen LogP contribution < -0.4 is 5.32 Å². The minimum Gasteiger partial charge on any atom is -0.370 e. The maximum Gasteiger partial charge on any atom is 0.253 e. The first kappa shape index (κ1) is 17.2. The number of hydrogen-bond acceptors (Lipinski definition) is 4. The van der Waals surface area contributed by atoms with Crippen molar-refractivity contribution in [2.24, 2.45) is 5.92 Å². The maximum absolute atomic E-state index is 12.4. The van der Waals surface area contributed by atoms with Gasteiger partial charge in [-0.15, -0.1) is 0 Å². The van der Waals surface area contributed by atoms with Gasteiger partial charge >= 0.3 is 0 Å². The van der Waals surface area contributed by atoms with Crippen LogP contribution in [0.5, 0.6) is 0 Å². The van der Waals surface area contributed by atoms with Crippen molar-refractivity contribution in [3.05, 3.63) is 58.7 Å². The molecule has 1 aliphatic heterocycles. The van der Waals surface area contributed by atoms with Crippen molar-refractivity contribution in [2.45, 2.75) is 12.8 Å². The summed E-state index contributed by atoms with van der Waals surface area (Å²) in [5.74, 6) is 1.23. The average molecular weight is 355 g/mol. The lowest BCUT2D eigenvalue weighted by molar-refractivity contribution is 0.0695. The van der Waals surface area contributed by atoms with Crippen LogP contribution in [0.4, 0.5) is 5.82 Å². The van der Waals surface area contributed by atoms with Crippen LogP contribution in [0.25, 0.3) is 0 Å². The van der Waals surface area contributed by atoms with Gasteiger partial charge < -0.3 is 10.2 Å². The Kier molecular flexibility index (Phi) is 5.52. The zero-order valence-corrected chi connectivity index (χ0v) is 14.5. The van der Waals surface area contributed by atoms with Gasteiger partial charge in [0, 0.05) is 25.2 Å². The zero-order valence-electron chi connectivity index (χ0n) is 13.8. The van der Waals surface area contributed by atoms with Crippen molar-refractivity contribution in [3.8, 4) is 6.07 Å². The van der Waals surface area contributed by atoms with E-state index in [1.54, 1.807) is 12.1 Å². The summed E-state index contributed by atoms with van der Waals surface area (Å²) in [4.78, 5) is 18.6. The number of amides is 1. The Morgan fingerprint density at radius 1 is 1.24 bits per heavy atom. The number of hydrogen-bond donors (Lipinski definition) is 1. The number of nitrogens with one attached hydrogen (secondary N) is 1. The van der Waals surface area contributed by atoms with Crippen molar-refractivity contribution in [1.29, 1.82) is 5.26 Å². The highest BCUT2D eigenvalue weighted by molar-refractivity contribution is 6.31. The lowest BCUT2D eigenvalue weighted by atomic mass is 9.96. The zero-order chi connectivity index (χ0) is 17.6. The molecule has 1 amide bonds. The Balaban J connectivity index is 1.50. The largest absolute Gasteiger partial charge is 0.370 e. The molecule has 25 heavy (non-hydrogen) atoms. The molecular formula is C19H19ClN4O. The van der Waals surface area contributed by atoms with Gasteiger partial charge in [-0.3, -0.25) is 4.79 Å². The smallest absolute Gasteiger partial charge is 0.253 e. The van der Waals surface area contributed by atoms with E-state index >= 15 is 0 Å². The first-order valence-corrected chi connectivity index (χ1v) is 8.70. The second-order valence-electron chi connectivity index (χ2n) is 6.12. The number of piperidine rings is 1. The summed E-state index contributed by atoms with van der Waals surface area (Å²) in [6.45, 7) is 2.29. The van der Waals surface area contributed by atoms with Gasteiger partial charge in [0.25, 0.3) is 5.91 Å². The van der Waals surface area contributed by atoms with Gasteiger partial charge in [-0.05, 0) is 43.0 Å². The average Bonchev–Trinajstić information content (AvgIpc) is 2.68. The van der Waals surface area contributed by atoms with Crippen LogP contribution in [0.15, 0.2) is 42.5 Å². The summed E-state index contributed by atoms with van der Waals surface area (Å²) >= 11 is 5.89. The van der Waals surface area contributed by atoms with Crippen LogP contribution >= 0.6 is 11.6 Å². The quantitative estimate of drug-likeness (QED) is 0.911. The first-order chi connectivity index (χ1) is 12.2. The molecule has 2 heterocycles. The van der Waals surface area contributed by atoms with Crippen molar-refractivity contribution in [3.63, 3.8) is 0 Å². The molecule has 1 aliphatic rings. The van der Waals surface area contributed by atoms with Crippen LogP contribution in [-0.2, 0) is 0 Å². The molecule has 0 aliphatic carbocycles. The molecular weight excluding hydrogens is 336 g/mol. The van der Waals surface area contributed by atoms with Crippen molar-refractivity contribution < 1.29 is 4.79 Å². The molecule has 0 unspecified atom stereocenters. The van der Waals surface area contributed by atoms with Crippen LogP contribution in [0.1, 0.15) is 28.9 Å². The Morgan fingerprint density at radius 3 is 2.64 bits per heavy atom. The van der Waals surface area contributed by atoms with Crippen molar-refractivity contribution in [2.75, 3.05) is 25.0 Å². The third-order valence-corrected chi connectivity index (χ3v) is 4.75. The maximum atomic E-state index is 12.4. The number of anilines is 1. The first-order valence-electron chi connectivity index (χ1n) is 8.32. The predicted octanol–water partition coefficient (Wildman–Crippen LogP) is 3.57. The van der Waals surface area contributed by atoms with E-state index in [-0.39, 0.29) is 11.6 Å². The Bertz CT molecular complexity index is 780. The highest BCUT2D eigenvalue weighted by Crippen LogP contribution is 2.21. The monoisotopic (exact) mass is 354 g/mol. The lowest BCUT2D eigenvalue weighted by Gasteiger charge is -2.32. The van der Waals surface area contributed by atoms with Gasteiger partial charge in [0.15, 0.2) is 5.69 Å². The molecule has 1 saturated heterocycles. The van der Waals surface area contributed by atoms with Gasteiger partial charge in [-0.2, -0.15) is 5.26 Å². The Morgan fingerprint density at radius 2 is 1.96 bits per heavy atom. The third kappa shape index (κ3) is 4.28. The number of nitrogens with zero attached hydrogens (tertiary/aromatic N) is 3. The van der Waals surface area contributed by atoms with E-state index in [9.17, 15) is 4.79 Å². The van der Waals surface area contributed by atoms with Crippen LogP contribution in [-0.4, -0.2) is 35.4 Å². The second-order valence-corrected chi connectivity index (χ2v) is 6.53. The fourth-order valence-electron chi connectivity index (χ4n) is 2.97. The van der Waals surface area contributed by atoms with E-state index in [0.717, 1.165) is 38.0 Å². The molecule has 0 spiro atoms. The molecule has 0 radical (unpaired) electrons.